The summed E-state index contributed by atoms with van der Waals surface area (Å²) in [6.45, 7) is 1.69. The van der Waals surface area contributed by atoms with Gasteiger partial charge in [-0.25, -0.2) is 22.2 Å². The van der Waals surface area contributed by atoms with Crippen LogP contribution < -0.4 is 5.32 Å². The quantitative estimate of drug-likeness (QED) is 0.447. The lowest BCUT2D eigenvalue weighted by molar-refractivity contribution is -0.171. The highest BCUT2D eigenvalue weighted by molar-refractivity contribution is 7.91. The molecule has 15 heteroatoms. The highest BCUT2D eigenvalue weighted by atomic mass is 32.2. The van der Waals surface area contributed by atoms with E-state index in [4.69, 9.17) is 4.74 Å². The van der Waals surface area contributed by atoms with Crippen molar-refractivity contribution in [2.24, 2.45) is 9.98 Å². The van der Waals surface area contributed by atoms with E-state index in [-0.39, 0.29) is 42.5 Å². The number of rotatable bonds is 9. The lowest BCUT2D eigenvalue weighted by Crippen LogP contribution is -2.54. The molecular weight excluding hydrogens is 515 g/mol. The zero-order chi connectivity index (χ0) is 26.9. The molecule has 0 spiro atoms. The predicted molar refractivity (Wildman–Crippen MR) is 121 cm³/mol. The maximum Gasteiger partial charge on any atom is 0.391 e. The lowest BCUT2D eigenvalue weighted by atomic mass is 9.95. The fraction of sp³-hybridized carbons (Fsp3) is 0.762. The first-order valence-electron chi connectivity index (χ1n) is 11.3. The number of carbonyl (C=O) groups is 1. The zero-order valence-electron chi connectivity index (χ0n) is 20.1. The van der Waals surface area contributed by atoms with E-state index < -0.39 is 65.2 Å². The Kier molecular flexibility index (Phi) is 8.04. The first-order chi connectivity index (χ1) is 16.5. The third kappa shape index (κ3) is 7.14. The Labute approximate surface area is 205 Å². The monoisotopic (exact) mass is 544 g/mol. The van der Waals surface area contributed by atoms with Crippen molar-refractivity contribution < 1.29 is 44.6 Å². The van der Waals surface area contributed by atoms with E-state index in [1.54, 1.807) is 20.9 Å². The molecule has 2 atom stereocenters. The smallest absolute Gasteiger partial charge is 0.391 e. The van der Waals surface area contributed by atoms with Crippen molar-refractivity contribution in [1.29, 1.82) is 0 Å². The Morgan fingerprint density at radius 2 is 1.86 bits per heavy atom. The van der Waals surface area contributed by atoms with Gasteiger partial charge in [0.05, 0.1) is 17.9 Å². The van der Waals surface area contributed by atoms with E-state index in [1.165, 1.54) is 11.0 Å². The molecule has 9 nitrogen and oxygen atoms in total. The number of fused-ring (bicyclic) bond motifs is 1. The van der Waals surface area contributed by atoms with Gasteiger partial charge >= 0.3 is 6.18 Å². The van der Waals surface area contributed by atoms with E-state index in [1.807, 2.05) is 0 Å². The zero-order valence-corrected chi connectivity index (χ0v) is 20.9. The maximum atomic E-state index is 13.0. The Morgan fingerprint density at radius 3 is 2.44 bits per heavy atom. The Balaban J connectivity index is 1.65. The molecule has 0 saturated carbocycles. The summed E-state index contributed by atoms with van der Waals surface area (Å²) < 4.78 is 96.6. The third-order valence-electron chi connectivity index (χ3n) is 6.24. The van der Waals surface area contributed by atoms with Crippen molar-refractivity contribution >= 4 is 27.4 Å². The molecule has 2 unspecified atom stereocenters. The van der Waals surface area contributed by atoms with Gasteiger partial charge in [-0.05, 0) is 32.8 Å². The van der Waals surface area contributed by atoms with Gasteiger partial charge in [0, 0.05) is 19.0 Å². The number of halogens is 5. The van der Waals surface area contributed by atoms with Crippen molar-refractivity contribution in [3.05, 3.63) is 12.0 Å². The molecule has 1 fully saturated rings. The van der Waals surface area contributed by atoms with Crippen LogP contribution in [0.5, 0.6) is 0 Å². The normalized spacial score (nSPS) is 26.0. The first-order valence-corrected chi connectivity index (χ1v) is 13.1. The van der Waals surface area contributed by atoms with Gasteiger partial charge in [-0.15, -0.1) is 0 Å². The molecule has 0 aromatic carbocycles. The summed E-state index contributed by atoms with van der Waals surface area (Å²) in [4.78, 5) is 23.2. The number of amides is 1. The Bertz CT molecular complexity index is 1050. The van der Waals surface area contributed by atoms with Crippen LogP contribution in [-0.2, 0) is 24.1 Å². The molecule has 3 aliphatic heterocycles. The Hall–Kier alpha value is -2.29. The van der Waals surface area contributed by atoms with Crippen LogP contribution in [0.15, 0.2) is 21.9 Å². The maximum absolute atomic E-state index is 13.0. The average molecular weight is 545 g/mol. The number of carbonyl (C=O) groups excluding carboxylic acids is 1. The van der Waals surface area contributed by atoms with Gasteiger partial charge in [-0.1, -0.05) is 0 Å². The summed E-state index contributed by atoms with van der Waals surface area (Å²) in [5.74, 6) is -0.234. The number of likely N-dealkylation sites (N-methyl/N-ethyl adjacent to an activating group) is 1. The van der Waals surface area contributed by atoms with Crippen molar-refractivity contribution in [3.8, 4) is 0 Å². The largest absolute Gasteiger partial charge is 0.475 e. The summed E-state index contributed by atoms with van der Waals surface area (Å²) in [7, 11) is -1.57. The molecule has 3 aliphatic rings. The topological polar surface area (TPSA) is 110 Å². The summed E-state index contributed by atoms with van der Waals surface area (Å²) in [5, 5.41) is 2.87. The number of ether oxygens (including phenoxy) is 2. The fourth-order valence-electron chi connectivity index (χ4n) is 4.14. The number of sulfone groups is 1. The number of aliphatic imine (C=N–C) groups is 2. The van der Waals surface area contributed by atoms with Crippen molar-refractivity contribution in [3.63, 3.8) is 0 Å². The van der Waals surface area contributed by atoms with Gasteiger partial charge < -0.3 is 19.7 Å². The number of nitrogens with zero attached hydrogens (tertiary/aromatic N) is 3. The summed E-state index contributed by atoms with van der Waals surface area (Å²) in [6.07, 6.45) is -8.42. The van der Waals surface area contributed by atoms with Crippen LogP contribution in [0.4, 0.5) is 22.0 Å². The van der Waals surface area contributed by atoms with E-state index in [2.05, 4.69) is 20.0 Å². The highest BCUT2D eigenvalue weighted by Gasteiger charge is 2.46. The van der Waals surface area contributed by atoms with Crippen molar-refractivity contribution in [2.75, 3.05) is 31.8 Å². The number of alkyl halides is 5. The van der Waals surface area contributed by atoms with Crippen LogP contribution in [0.2, 0.25) is 0 Å². The van der Waals surface area contributed by atoms with Gasteiger partial charge in [-0.3, -0.25) is 4.79 Å². The minimum absolute atomic E-state index is 0.0303. The molecule has 36 heavy (non-hydrogen) atoms. The van der Waals surface area contributed by atoms with Gasteiger partial charge in [0.1, 0.15) is 40.5 Å². The number of hydrogen-bond acceptors (Lipinski definition) is 8. The van der Waals surface area contributed by atoms with Crippen LogP contribution in [0, 0.1) is 0 Å². The second-order valence-electron chi connectivity index (χ2n) is 9.59. The molecule has 1 saturated heterocycles. The third-order valence-corrected chi connectivity index (χ3v) is 7.89. The molecule has 0 aromatic rings. The fourth-order valence-corrected chi connectivity index (χ4v) is 5.87. The molecular formula is C21H29F5N4O5S. The van der Waals surface area contributed by atoms with Gasteiger partial charge in [0.15, 0.2) is 5.84 Å². The van der Waals surface area contributed by atoms with Gasteiger partial charge in [0.25, 0.3) is 12.3 Å². The molecule has 204 valence electrons. The second kappa shape index (κ2) is 10.2. The minimum Gasteiger partial charge on any atom is -0.475 e. The van der Waals surface area contributed by atoms with Crippen LogP contribution >= 0.6 is 0 Å². The number of nitrogens with one attached hydrogen (secondary N) is 1. The van der Waals surface area contributed by atoms with Crippen LogP contribution in [0.1, 0.15) is 39.5 Å². The molecule has 0 aliphatic carbocycles. The Morgan fingerprint density at radius 1 is 1.22 bits per heavy atom. The SMILES string of the molecule is CN1C(C(=O)NC2(C)CCS(=O)(=O)CC2)=NC2(C)CC=C(OCC(CC(F)(F)F)OCC(F)F)N=C12. The first kappa shape index (κ1) is 28.3. The minimum atomic E-state index is -4.64. The lowest BCUT2D eigenvalue weighted by Gasteiger charge is -2.34. The highest BCUT2D eigenvalue weighted by Crippen LogP contribution is 2.33. The molecule has 0 aromatic heterocycles. The summed E-state index contributed by atoms with van der Waals surface area (Å²) in [5.41, 5.74) is -1.65. The standard InChI is InChI=1S/C21H29F5N4O5S/c1-19(6-8-36(32,33)9-7-19)29-17(31)16-28-20(2)5-4-15(27-18(20)30(16)3)35-11-13(10-21(24,25)26)34-12-14(22)23/h4,13-14H,5-12H2,1-3H3,(H,29,31). The van der Waals surface area contributed by atoms with Crippen LogP contribution in [-0.4, -0.2) is 92.4 Å². The van der Waals surface area contributed by atoms with E-state index in [0.717, 1.165) is 0 Å². The van der Waals surface area contributed by atoms with Gasteiger partial charge in [-0.2, -0.15) is 18.2 Å². The average Bonchev–Trinajstić information content (AvgIpc) is 3.02. The predicted octanol–water partition coefficient (Wildman–Crippen LogP) is 2.44. The molecule has 3 rings (SSSR count). The van der Waals surface area contributed by atoms with E-state index in [0.29, 0.717) is 5.84 Å². The molecule has 1 N–H and O–H groups in total. The number of hydrogen-bond donors (Lipinski definition) is 1. The van der Waals surface area contributed by atoms with Crippen LogP contribution in [0.3, 0.4) is 0 Å². The molecule has 0 bridgehead atoms. The van der Waals surface area contributed by atoms with Crippen molar-refractivity contribution in [1.82, 2.24) is 10.2 Å². The molecule has 0 radical (unpaired) electrons. The number of amidine groups is 2. The second-order valence-corrected chi connectivity index (χ2v) is 11.9. The molecule has 3 heterocycles. The van der Waals surface area contributed by atoms with Gasteiger partial charge in [0.2, 0.25) is 5.88 Å². The summed E-state index contributed by atoms with van der Waals surface area (Å²) in [6, 6.07) is 0. The summed E-state index contributed by atoms with van der Waals surface area (Å²) >= 11 is 0. The van der Waals surface area contributed by atoms with E-state index in [9.17, 15) is 35.2 Å². The molecule has 1 amide bonds. The van der Waals surface area contributed by atoms with Crippen LogP contribution in [0.25, 0.3) is 0 Å². The van der Waals surface area contributed by atoms with E-state index >= 15 is 0 Å². The van der Waals surface area contributed by atoms with Crippen molar-refractivity contribution in [2.45, 2.75) is 69.3 Å².